The highest BCUT2D eigenvalue weighted by atomic mass is 35.5. The molecule has 2 amide bonds. The molecule has 0 saturated carbocycles. The Bertz CT molecular complexity index is 1120. The van der Waals surface area contributed by atoms with E-state index < -0.39 is 6.04 Å². The number of nitrogens with zero attached hydrogens (tertiary/aromatic N) is 1. The Hall–Kier alpha value is -3.31. The number of carbonyl (C=O) groups excluding carboxylic acids is 2. The quantitative estimate of drug-likeness (QED) is 0.327. The molecule has 0 unspecified atom stereocenters. The van der Waals surface area contributed by atoms with E-state index in [0.717, 1.165) is 23.1 Å². The second-order valence-electron chi connectivity index (χ2n) is 9.13. The SMILES string of the molecule is CCCNC(=O)[C@@H](Cc1ccccc1)N(Cc1ccc(Cl)cc1)C(=O)COc1ccccc1C(C)C. The number of carbonyl (C=O) groups is 2. The van der Waals surface area contributed by atoms with Gasteiger partial charge in [-0.25, -0.2) is 0 Å². The summed E-state index contributed by atoms with van der Waals surface area (Å²) >= 11 is 6.08. The van der Waals surface area contributed by atoms with E-state index in [1.54, 1.807) is 17.0 Å². The summed E-state index contributed by atoms with van der Waals surface area (Å²) in [6.45, 7) is 6.83. The summed E-state index contributed by atoms with van der Waals surface area (Å²) in [4.78, 5) is 28.6. The topological polar surface area (TPSA) is 58.6 Å². The normalized spacial score (nSPS) is 11.7. The zero-order valence-electron chi connectivity index (χ0n) is 21.2. The molecule has 0 bridgehead atoms. The van der Waals surface area contributed by atoms with Gasteiger partial charge in [0.1, 0.15) is 11.8 Å². The number of benzene rings is 3. The third-order valence-corrected chi connectivity index (χ3v) is 6.23. The first-order valence-electron chi connectivity index (χ1n) is 12.5. The number of hydrogen-bond donors (Lipinski definition) is 1. The van der Waals surface area contributed by atoms with Gasteiger partial charge in [0, 0.05) is 24.5 Å². The van der Waals surface area contributed by atoms with Crippen LogP contribution in [0.25, 0.3) is 0 Å². The molecule has 1 atom stereocenters. The van der Waals surface area contributed by atoms with Crippen LogP contribution in [0, 0.1) is 0 Å². The smallest absolute Gasteiger partial charge is 0.261 e. The maximum absolute atomic E-state index is 13.7. The molecule has 3 aromatic carbocycles. The van der Waals surface area contributed by atoms with E-state index in [1.807, 2.05) is 73.7 Å². The van der Waals surface area contributed by atoms with E-state index >= 15 is 0 Å². The van der Waals surface area contributed by atoms with Crippen molar-refractivity contribution in [3.8, 4) is 5.75 Å². The van der Waals surface area contributed by atoms with E-state index in [0.29, 0.717) is 23.7 Å². The summed E-state index contributed by atoms with van der Waals surface area (Å²) in [5.74, 6) is 0.510. The van der Waals surface area contributed by atoms with Gasteiger partial charge in [0.25, 0.3) is 5.91 Å². The third-order valence-electron chi connectivity index (χ3n) is 5.98. The predicted octanol–water partition coefficient (Wildman–Crippen LogP) is 6.01. The van der Waals surface area contributed by atoms with Crippen LogP contribution in [0.15, 0.2) is 78.9 Å². The fourth-order valence-corrected chi connectivity index (χ4v) is 4.14. The van der Waals surface area contributed by atoms with Crippen molar-refractivity contribution in [3.05, 3.63) is 101 Å². The molecule has 3 aromatic rings. The molecule has 1 N–H and O–H groups in total. The second kappa shape index (κ2) is 13.7. The summed E-state index contributed by atoms with van der Waals surface area (Å²) in [5, 5.41) is 3.60. The van der Waals surface area contributed by atoms with E-state index in [9.17, 15) is 9.59 Å². The van der Waals surface area contributed by atoms with Gasteiger partial charge >= 0.3 is 0 Å². The van der Waals surface area contributed by atoms with Crippen molar-refractivity contribution in [1.82, 2.24) is 10.2 Å². The highest BCUT2D eigenvalue weighted by Gasteiger charge is 2.30. The van der Waals surface area contributed by atoms with E-state index in [2.05, 4.69) is 19.2 Å². The van der Waals surface area contributed by atoms with Crippen LogP contribution in [0.1, 0.15) is 49.8 Å². The van der Waals surface area contributed by atoms with Gasteiger partial charge in [0.2, 0.25) is 5.91 Å². The van der Waals surface area contributed by atoms with Crippen molar-refractivity contribution in [2.24, 2.45) is 0 Å². The Morgan fingerprint density at radius 1 is 0.917 bits per heavy atom. The van der Waals surface area contributed by atoms with Crippen LogP contribution in [-0.2, 0) is 22.6 Å². The minimum atomic E-state index is -0.689. The molecular weight excluding hydrogens is 472 g/mol. The average molecular weight is 507 g/mol. The lowest BCUT2D eigenvalue weighted by atomic mass is 10.0. The summed E-state index contributed by atoms with van der Waals surface area (Å²) in [6, 6.07) is 24.1. The molecule has 0 aliphatic carbocycles. The molecule has 0 aliphatic heterocycles. The first-order valence-corrected chi connectivity index (χ1v) is 12.8. The van der Waals surface area contributed by atoms with Crippen molar-refractivity contribution in [1.29, 1.82) is 0 Å². The summed E-state index contributed by atoms with van der Waals surface area (Å²) in [5.41, 5.74) is 2.90. The molecule has 3 rings (SSSR count). The largest absolute Gasteiger partial charge is 0.483 e. The van der Waals surface area contributed by atoms with Crippen LogP contribution in [0.2, 0.25) is 5.02 Å². The molecule has 36 heavy (non-hydrogen) atoms. The van der Waals surface area contributed by atoms with Crippen molar-refractivity contribution in [2.75, 3.05) is 13.2 Å². The van der Waals surface area contributed by atoms with Crippen molar-refractivity contribution in [3.63, 3.8) is 0 Å². The molecule has 0 heterocycles. The Morgan fingerprint density at radius 3 is 2.25 bits per heavy atom. The number of halogens is 1. The molecule has 5 nitrogen and oxygen atoms in total. The molecule has 0 spiro atoms. The number of hydrogen-bond acceptors (Lipinski definition) is 3. The fourth-order valence-electron chi connectivity index (χ4n) is 4.02. The first-order chi connectivity index (χ1) is 17.4. The Kier molecular flexibility index (Phi) is 10.4. The Morgan fingerprint density at radius 2 is 1.58 bits per heavy atom. The lowest BCUT2D eigenvalue weighted by Gasteiger charge is -2.31. The molecule has 0 saturated heterocycles. The zero-order valence-corrected chi connectivity index (χ0v) is 22.0. The average Bonchev–Trinajstić information content (AvgIpc) is 2.89. The molecule has 0 fully saturated rings. The van der Waals surface area contributed by atoms with Crippen LogP contribution >= 0.6 is 11.6 Å². The minimum Gasteiger partial charge on any atom is -0.483 e. The Balaban J connectivity index is 1.90. The summed E-state index contributed by atoms with van der Waals surface area (Å²) in [7, 11) is 0. The van der Waals surface area contributed by atoms with Gasteiger partial charge in [-0.3, -0.25) is 9.59 Å². The van der Waals surface area contributed by atoms with Crippen LogP contribution in [-0.4, -0.2) is 35.9 Å². The number of amides is 2. The number of para-hydroxylation sites is 1. The molecule has 190 valence electrons. The van der Waals surface area contributed by atoms with Gasteiger partial charge in [-0.15, -0.1) is 0 Å². The van der Waals surface area contributed by atoms with E-state index in [1.165, 1.54) is 0 Å². The molecule has 0 aliphatic rings. The van der Waals surface area contributed by atoms with Crippen molar-refractivity contribution in [2.45, 2.75) is 52.1 Å². The van der Waals surface area contributed by atoms with Gasteiger partial charge in [-0.2, -0.15) is 0 Å². The Labute approximate surface area is 219 Å². The highest BCUT2D eigenvalue weighted by molar-refractivity contribution is 6.30. The van der Waals surface area contributed by atoms with Crippen LogP contribution in [0.3, 0.4) is 0 Å². The lowest BCUT2D eigenvalue weighted by molar-refractivity contribution is -0.142. The number of nitrogens with one attached hydrogen (secondary N) is 1. The maximum Gasteiger partial charge on any atom is 0.261 e. The third kappa shape index (κ3) is 7.85. The second-order valence-corrected chi connectivity index (χ2v) is 9.56. The number of rotatable bonds is 12. The van der Waals surface area contributed by atoms with Gasteiger partial charge < -0.3 is 15.0 Å². The summed E-state index contributed by atoms with van der Waals surface area (Å²) < 4.78 is 6.02. The van der Waals surface area contributed by atoms with Crippen molar-refractivity contribution < 1.29 is 14.3 Å². The van der Waals surface area contributed by atoms with Gasteiger partial charge in [0.15, 0.2) is 6.61 Å². The maximum atomic E-state index is 13.7. The van der Waals surface area contributed by atoms with Crippen LogP contribution in [0.4, 0.5) is 0 Å². The van der Waals surface area contributed by atoms with Crippen molar-refractivity contribution >= 4 is 23.4 Å². The molecule has 0 aromatic heterocycles. The monoisotopic (exact) mass is 506 g/mol. The van der Waals surface area contributed by atoms with Gasteiger partial charge in [0.05, 0.1) is 0 Å². The number of ether oxygens (including phenoxy) is 1. The molecule has 6 heteroatoms. The van der Waals surface area contributed by atoms with Crippen LogP contribution in [0.5, 0.6) is 5.75 Å². The van der Waals surface area contributed by atoms with Crippen LogP contribution < -0.4 is 10.1 Å². The van der Waals surface area contributed by atoms with E-state index in [-0.39, 0.29) is 30.9 Å². The lowest BCUT2D eigenvalue weighted by Crippen LogP contribution is -2.51. The molecule has 0 radical (unpaired) electrons. The predicted molar refractivity (Wildman–Crippen MR) is 145 cm³/mol. The van der Waals surface area contributed by atoms with E-state index in [4.69, 9.17) is 16.3 Å². The van der Waals surface area contributed by atoms with Gasteiger partial charge in [-0.05, 0) is 47.2 Å². The zero-order chi connectivity index (χ0) is 25.9. The minimum absolute atomic E-state index is 0.163. The summed E-state index contributed by atoms with van der Waals surface area (Å²) in [6.07, 6.45) is 1.21. The van der Waals surface area contributed by atoms with Gasteiger partial charge in [-0.1, -0.05) is 93.0 Å². The highest BCUT2D eigenvalue weighted by Crippen LogP contribution is 2.26. The first kappa shape index (κ1) is 27.3. The fraction of sp³-hybridized carbons (Fsp3) is 0.333. The molecular formula is C30H35ClN2O3. The standard InChI is InChI=1S/C30H35ClN2O3/c1-4-18-32-30(35)27(19-23-10-6-5-7-11-23)33(20-24-14-16-25(31)17-15-24)29(34)21-36-28-13-9-8-12-26(28)22(2)3/h5-17,22,27H,4,18-21H2,1-3H3,(H,32,35)/t27-/m1/s1.